The molecule has 23 heavy (non-hydrogen) atoms. The summed E-state index contributed by atoms with van der Waals surface area (Å²) in [6, 6.07) is 4.99. The van der Waals surface area contributed by atoms with Crippen molar-refractivity contribution in [2.75, 3.05) is 12.8 Å². The molecule has 7 heteroatoms. The van der Waals surface area contributed by atoms with Crippen molar-refractivity contribution in [1.82, 2.24) is 4.57 Å². The third-order valence-electron chi connectivity index (χ3n) is 3.42. The minimum Gasteiger partial charge on any atom is -0.505 e. The number of phenolic OH excluding ortho intramolecular Hbond substituents is 1. The number of aromatic nitrogens is 1. The number of nitrogens with zero attached hydrogens (tertiary/aromatic N) is 2. The van der Waals surface area contributed by atoms with Crippen LogP contribution in [-0.2, 0) is 4.74 Å². The number of rotatable bonds is 3. The van der Waals surface area contributed by atoms with Crippen LogP contribution >= 0.6 is 0 Å². The van der Waals surface area contributed by atoms with Gasteiger partial charge in [0.2, 0.25) is 0 Å². The van der Waals surface area contributed by atoms with Crippen molar-refractivity contribution in [2.45, 2.75) is 13.8 Å². The second kappa shape index (κ2) is 5.85. The van der Waals surface area contributed by atoms with Crippen molar-refractivity contribution >= 4 is 17.4 Å². The first kappa shape index (κ1) is 16.1. The summed E-state index contributed by atoms with van der Waals surface area (Å²) in [6.07, 6.45) is 1.32. The van der Waals surface area contributed by atoms with Gasteiger partial charge in [0.05, 0.1) is 29.6 Å². The van der Waals surface area contributed by atoms with Crippen LogP contribution in [0.4, 0.5) is 5.69 Å². The van der Waals surface area contributed by atoms with Gasteiger partial charge in [0.25, 0.3) is 0 Å². The number of Topliss-reactive ketones (excluding diaryl/α,β-unsaturated/α-hetero) is 1. The highest BCUT2D eigenvalue weighted by atomic mass is 16.5. The average Bonchev–Trinajstić information content (AvgIpc) is 2.84. The number of aryl methyl sites for hydroxylation is 1. The SMILES string of the molecule is COC(=O)c1c(N)c(C#N)cn1-c1cc(C)cc(C(C)=O)c1O. The Morgan fingerprint density at radius 1 is 1.39 bits per heavy atom. The molecule has 0 aliphatic rings. The van der Waals surface area contributed by atoms with Gasteiger partial charge in [-0.1, -0.05) is 0 Å². The number of hydrogen-bond acceptors (Lipinski definition) is 6. The molecule has 0 unspecified atom stereocenters. The number of carbonyl (C=O) groups is 2. The zero-order chi connectivity index (χ0) is 17.3. The molecule has 2 aromatic rings. The Bertz CT molecular complexity index is 859. The number of nitrogens with two attached hydrogens (primary N) is 1. The molecule has 0 radical (unpaired) electrons. The number of ketones is 1. The summed E-state index contributed by atoms with van der Waals surface area (Å²) in [6.45, 7) is 3.06. The van der Waals surface area contributed by atoms with E-state index in [9.17, 15) is 14.7 Å². The topological polar surface area (TPSA) is 118 Å². The van der Waals surface area contributed by atoms with Crippen molar-refractivity contribution in [3.05, 3.63) is 40.7 Å². The van der Waals surface area contributed by atoms with Crippen molar-refractivity contribution < 1.29 is 19.4 Å². The zero-order valence-electron chi connectivity index (χ0n) is 12.9. The van der Waals surface area contributed by atoms with E-state index in [4.69, 9.17) is 11.0 Å². The third-order valence-corrected chi connectivity index (χ3v) is 3.42. The molecule has 1 aromatic carbocycles. The Hall–Kier alpha value is -3.27. The Morgan fingerprint density at radius 2 is 2.04 bits per heavy atom. The van der Waals surface area contributed by atoms with Crippen molar-refractivity contribution in [3.63, 3.8) is 0 Å². The van der Waals surface area contributed by atoms with Gasteiger partial charge in [0.15, 0.2) is 11.5 Å². The van der Waals surface area contributed by atoms with Crippen LogP contribution in [0.1, 0.15) is 38.9 Å². The highest BCUT2D eigenvalue weighted by Gasteiger charge is 2.24. The summed E-state index contributed by atoms with van der Waals surface area (Å²) in [5.41, 5.74) is 6.73. The number of aromatic hydroxyl groups is 1. The fourth-order valence-corrected chi connectivity index (χ4v) is 2.32. The molecular formula is C16H15N3O4. The minimum atomic E-state index is -0.755. The van der Waals surface area contributed by atoms with E-state index in [-0.39, 0.29) is 39.7 Å². The van der Waals surface area contributed by atoms with Crippen LogP contribution in [0.25, 0.3) is 5.69 Å². The lowest BCUT2D eigenvalue weighted by Crippen LogP contribution is -2.12. The van der Waals surface area contributed by atoms with Crippen molar-refractivity contribution in [3.8, 4) is 17.5 Å². The van der Waals surface area contributed by atoms with E-state index < -0.39 is 5.97 Å². The van der Waals surface area contributed by atoms with Crippen LogP contribution in [-0.4, -0.2) is 28.5 Å². The molecule has 0 amide bonds. The number of benzene rings is 1. The van der Waals surface area contributed by atoms with Crippen molar-refractivity contribution in [2.24, 2.45) is 0 Å². The maximum Gasteiger partial charge on any atom is 0.357 e. The van der Waals surface area contributed by atoms with Crippen LogP contribution in [0.15, 0.2) is 18.3 Å². The Morgan fingerprint density at radius 3 is 2.57 bits per heavy atom. The van der Waals surface area contributed by atoms with Gasteiger partial charge in [0, 0.05) is 6.20 Å². The van der Waals surface area contributed by atoms with Gasteiger partial charge in [-0.25, -0.2) is 4.79 Å². The first-order valence-corrected chi connectivity index (χ1v) is 6.66. The summed E-state index contributed by atoms with van der Waals surface area (Å²) >= 11 is 0. The molecule has 0 saturated carbocycles. The average molecular weight is 313 g/mol. The third kappa shape index (κ3) is 2.62. The van der Waals surface area contributed by atoms with E-state index in [1.165, 1.54) is 30.9 Å². The molecule has 118 valence electrons. The standard InChI is InChI=1S/C16H15N3O4/c1-8-4-11(9(2)20)15(21)12(5-8)19-7-10(6-17)13(18)14(19)16(22)23-3/h4-5,7,21H,18H2,1-3H3. The largest absolute Gasteiger partial charge is 0.505 e. The maximum absolute atomic E-state index is 12.0. The summed E-state index contributed by atoms with van der Waals surface area (Å²) < 4.78 is 5.95. The van der Waals surface area contributed by atoms with E-state index in [2.05, 4.69) is 4.74 Å². The second-order valence-corrected chi connectivity index (χ2v) is 5.01. The molecule has 0 fully saturated rings. The maximum atomic E-state index is 12.0. The quantitative estimate of drug-likeness (QED) is 0.660. The normalized spacial score (nSPS) is 10.2. The van der Waals surface area contributed by atoms with Crippen LogP contribution in [0, 0.1) is 18.3 Å². The smallest absolute Gasteiger partial charge is 0.357 e. The molecule has 0 atom stereocenters. The Kier molecular flexibility index (Phi) is 4.10. The van der Waals surface area contributed by atoms with Gasteiger partial charge in [0.1, 0.15) is 11.8 Å². The van der Waals surface area contributed by atoms with Gasteiger partial charge in [-0.05, 0) is 31.5 Å². The van der Waals surface area contributed by atoms with Crippen LogP contribution in [0.5, 0.6) is 5.75 Å². The highest BCUT2D eigenvalue weighted by molar-refractivity contribution is 5.99. The van der Waals surface area contributed by atoms with E-state index >= 15 is 0 Å². The lowest BCUT2D eigenvalue weighted by Gasteiger charge is -2.13. The number of ether oxygens (including phenoxy) is 1. The molecule has 0 bridgehead atoms. The number of carbonyl (C=O) groups excluding carboxylic acids is 2. The molecule has 3 N–H and O–H groups in total. The van der Waals surface area contributed by atoms with E-state index in [0.717, 1.165) is 0 Å². The van der Waals surface area contributed by atoms with E-state index in [1.807, 2.05) is 6.07 Å². The Labute approximate surface area is 132 Å². The monoisotopic (exact) mass is 313 g/mol. The van der Waals surface area contributed by atoms with E-state index in [1.54, 1.807) is 13.0 Å². The molecule has 1 heterocycles. The number of esters is 1. The highest BCUT2D eigenvalue weighted by Crippen LogP contribution is 2.33. The lowest BCUT2D eigenvalue weighted by molar-refractivity contribution is 0.0593. The van der Waals surface area contributed by atoms with Gasteiger partial charge in [-0.2, -0.15) is 5.26 Å². The number of methoxy groups -OCH3 is 1. The predicted molar refractivity (Wildman–Crippen MR) is 82.6 cm³/mol. The first-order chi connectivity index (χ1) is 10.8. The molecular weight excluding hydrogens is 298 g/mol. The number of anilines is 1. The molecule has 2 rings (SSSR count). The van der Waals surface area contributed by atoms with Crippen LogP contribution in [0.2, 0.25) is 0 Å². The second-order valence-electron chi connectivity index (χ2n) is 5.01. The molecule has 7 nitrogen and oxygen atoms in total. The minimum absolute atomic E-state index is 0.0513. The number of nitrogen functional groups attached to an aromatic ring is 1. The summed E-state index contributed by atoms with van der Waals surface area (Å²) in [5.74, 6) is -1.38. The van der Waals surface area contributed by atoms with Crippen molar-refractivity contribution in [1.29, 1.82) is 5.26 Å². The summed E-state index contributed by atoms with van der Waals surface area (Å²) in [7, 11) is 1.18. The zero-order valence-corrected chi connectivity index (χ0v) is 12.9. The number of hydrogen-bond donors (Lipinski definition) is 2. The molecule has 1 aromatic heterocycles. The summed E-state index contributed by atoms with van der Waals surface area (Å²) in [4.78, 5) is 23.7. The lowest BCUT2D eigenvalue weighted by atomic mass is 10.1. The fraction of sp³-hybridized carbons (Fsp3) is 0.188. The van der Waals surface area contributed by atoms with E-state index in [0.29, 0.717) is 5.56 Å². The van der Waals surface area contributed by atoms with Gasteiger partial charge in [-0.15, -0.1) is 0 Å². The summed E-state index contributed by atoms with van der Waals surface area (Å²) in [5, 5.41) is 19.5. The predicted octanol–water partition coefficient (Wildman–Crippen LogP) is 1.93. The number of phenols is 1. The van der Waals surface area contributed by atoms with Gasteiger partial charge < -0.3 is 20.1 Å². The molecule has 0 aliphatic heterocycles. The first-order valence-electron chi connectivity index (χ1n) is 6.66. The van der Waals surface area contributed by atoms with Crippen LogP contribution < -0.4 is 5.73 Å². The Balaban J connectivity index is 2.85. The van der Waals surface area contributed by atoms with Gasteiger partial charge >= 0.3 is 5.97 Å². The van der Waals surface area contributed by atoms with Crippen LogP contribution in [0.3, 0.4) is 0 Å². The molecule has 0 saturated heterocycles. The molecule has 0 spiro atoms. The fourth-order valence-electron chi connectivity index (χ4n) is 2.32. The number of nitriles is 1. The van der Waals surface area contributed by atoms with Gasteiger partial charge in [-0.3, -0.25) is 4.79 Å². The molecule has 0 aliphatic carbocycles.